The van der Waals surface area contributed by atoms with E-state index in [1.807, 2.05) is 36.4 Å². The fourth-order valence-corrected chi connectivity index (χ4v) is 2.30. The average Bonchev–Trinajstić information content (AvgIpc) is 2.52. The molecular weight excluding hydrogens is 260 g/mol. The summed E-state index contributed by atoms with van der Waals surface area (Å²) in [7, 11) is 0. The van der Waals surface area contributed by atoms with Crippen molar-refractivity contribution >= 4 is 16.6 Å². The number of ether oxygens (including phenoxy) is 1. The highest BCUT2D eigenvalue weighted by molar-refractivity contribution is 5.82. The molecule has 0 aliphatic carbocycles. The van der Waals surface area contributed by atoms with E-state index in [0.29, 0.717) is 12.5 Å². The third-order valence-corrected chi connectivity index (χ3v) is 3.39. The van der Waals surface area contributed by atoms with E-state index in [1.54, 1.807) is 0 Å². The SMILES string of the molecule is Nc1ccc2nc(OCCCc3ccccc3)ccc2c1. The number of anilines is 1. The Kier molecular flexibility index (Phi) is 4.01. The fraction of sp³-hybridized carbons (Fsp3) is 0.167. The number of pyridine rings is 1. The van der Waals surface area contributed by atoms with Crippen LogP contribution in [-0.4, -0.2) is 11.6 Å². The summed E-state index contributed by atoms with van der Waals surface area (Å²) < 4.78 is 5.72. The summed E-state index contributed by atoms with van der Waals surface area (Å²) in [5.74, 6) is 0.667. The first-order chi connectivity index (χ1) is 10.3. The van der Waals surface area contributed by atoms with E-state index in [2.05, 4.69) is 29.2 Å². The van der Waals surface area contributed by atoms with E-state index < -0.39 is 0 Å². The molecule has 3 heteroatoms. The molecule has 21 heavy (non-hydrogen) atoms. The molecule has 0 saturated carbocycles. The predicted molar refractivity (Wildman–Crippen MR) is 86.4 cm³/mol. The Morgan fingerprint density at radius 2 is 1.81 bits per heavy atom. The standard InChI is InChI=1S/C18H18N2O/c19-16-9-10-17-15(13-16)8-11-18(20-17)21-12-4-7-14-5-2-1-3-6-14/h1-3,5-6,8-11,13H,4,7,12,19H2. The van der Waals surface area contributed by atoms with Crippen LogP contribution in [0.1, 0.15) is 12.0 Å². The summed E-state index contributed by atoms with van der Waals surface area (Å²) in [6, 6.07) is 20.0. The highest BCUT2D eigenvalue weighted by Crippen LogP contribution is 2.19. The van der Waals surface area contributed by atoms with Crippen molar-refractivity contribution in [3.63, 3.8) is 0 Å². The summed E-state index contributed by atoms with van der Waals surface area (Å²) in [4.78, 5) is 4.48. The first-order valence-electron chi connectivity index (χ1n) is 7.14. The van der Waals surface area contributed by atoms with Crippen LogP contribution in [0.5, 0.6) is 5.88 Å². The molecule has 0 fully saturated rings. The summed E-state index contributed by atoms with van der Waals surface area (Å²) >= 11 is 0. The minimum atomic E-state index is 0.667. The maximum Gasteiger partial charge on any atom is 0.213 e. The van der Waals surface area contributed by atoms with Gasteiger partial charge in [0.2, 0.25) is 5.88 Å². The van der Waals surface area contributed by atoms with Gasteiger partial charge in [-0.15, -0.1) is 0 Å². The van der Waals surface area contributed by atoms with Gasteiger partial charge in [0, 0.05) is 17.1 Å². The summed E-state index contributed by atoms with van der Waals surface area (Å²) in [6.45, 7) is 0.669. The molecule has 0 amide bonds. The minimum absolute atomic E-state index is 0.667. The van der Waals surface area contributed by atoms with Crippen molar-refractivity contribution in [1.29, 1.82) is 0 Å². The van der Waals surface area contributed by atoms with Gasteiger partial charge in [-0.3, -0.25) is 0 Å². The van der Waals surface area contributed by atoms with Crippen molar-refractivity contribution in [2.24, 2.45) is 0 Å². The topological polar surface area (TPSA) is 48.1 Å². The van der Waals surface area contributed by atoms with E-state index in [-0.39, 0.29) is 0 Å². The Hall–Kier alpha value is -2.55. The van der Waals surface area contributed by atoms with Gasteiger partial charge in [-0.25, -0.2) is 4.98 Å². The highest BCUT2D eigenvalue weighted by Gasteiger charge is 2.00. The lowest BCUT2D eigenvalue weighted by Gasteiger charge is -2.07. The van der Waals surface area contributed by atoms with Gasteiger partial charge in [0.05, 0.1) is 12.1 Å². The lowest BCUT2D eigenvalue weighted by molar-refractivity contribution is 0.300. The lowest BCUT2D eigenvalue weighted by atomic mass is 10.1. The van der Waals surface area contributed by atoms with Crippen LogP contribution in [-0.2, 0) is 6.42 Å². The van der Waals surface area contributed by atoms with Crippen molar-refractivity contribution in [3.8, 4) is 5.88 Å². The molecule has 106 valence electrons. The Balaban J connectivity index is 1.57. The Morgan fingerprint density at radius 3 is 2.67 bits per heavy atom. The maximum absolute atomic E-state index is 5.76. The molecule has 3 nitrogen and oxygen atoms in total. The molecule has 1 aromatic heterocycles. The molecule has 0 aliphatic rings. The molecule has 0 aliphatic heterocycles. The zero-order valence-corrected chi connectivity index (χ0v) is 11.8. The maximum atomic E-state index is 5.76. The van der Waals surface area contributed by atoms with E-state index >= 15 is 0 Å². The molecule has 0 saturated heterocycles. The molecule has 3 rings (SSSR count). The smallest absolute Gasteiger partial charge is 0.213 e. The first-order valence-corrected chi connectivity index (χ1v) is 7.14. The second-order valence-electron chi connectivity index (χ2n) is 5.04. The molecular formula is C18H18N2O. The van der Waals surface area contributed by atoms with Gasteiger partial charge in [-0.05, 0) is 42.7 Å². The van der Waals surface area contributed by atoms with Gasteiger partial charge in [-0.1, -0.05) is 30.3 Å². The van der Waals surface area contributed by atoms with Crippen molar-refractivity contribution < 1.29 is 4.74 Å². The molecule has 0 radical (unpaired) electrons. The minimum Gasteiger partial charge on any atom is -0.478 e. The number of hydrogen-bond acceptors (Lipinski definition) is 3. The van der Waals surface area contributed by atoms with Crippen LogP contribution in [0.2, 0.25) is 0 Å². The van der Waals surface area contributed by atoms with Gasteiger partial charge in [0.15, 0.2) is 0 Å². The van der Waals surface area contributed by atoms with Crippen molar-refractivity contribution in [2.75, 3.05) is 12.3 Å². The number of nitrogen functional groups attached to an aromatic ring is 1. The number of hydrogen-bond donors (Lipinski definition) is 1. The number of aromatic nitrogens is 1. The number of fused-ring (bicyclic) bond motifs is 1. The zero-order chi connectivity index (χ0) is 14.5. The van der Waals surface area contributed by atoms with Crippen LogP contribution in [0, 0.1) is 0 Å². The van der Waals surface area contributed by atoms with E-state index in [1.165, 1.54) is 5.56 Å². The lowest BCUT2D eigenvalue weighted by Crippen LogP contribution is -2.01. The van der Waals surface area contributed by atoms with E-state index in [0.717, 1.165) is 29.4 Å². The second-order valence-corrected chi connectivity index (χ2v) is 5.04. The normalized spacial score (nSPS) is 10.7. The molecule has 1 heterocycles. The Morgan fingerprint density at radius 1 is 0.952 bits per heavy atom. The van der Waals surface area contributed by atoms with Crippen LogP contribution in [0.3, 0.4) is 0 Å². The average molecular weight is 278 g/mol. The molecule has 0 spiro atoms. The molecule has 0 bridgehead atoms. The van der Waals surface area contributed by atoms with Crippen molar-refractivity contribution in [2.45, 2.75) is 12.8 Å². The van der Waals surface area contributed by atoms with Gasteiger partial charge in [0.25, 0.3) is 0 Å². The third-order valence-electron chi connectivity index (χ3n) is 3.39. The highest BCUT2D eigenvalue weighted by atomic mass is 16.5. The molecule has 3 aromatic rings. The number of nitrogens with zero attached hydrogens (tertiary/aromatic N) is 1. The van der Waals surface area contributed by atoms with Crippen LogP contribution in [0.4, 0.5) is 5.69 Å². The summed E-state index contributed by atoms with van der Waals surface area (Å²) in [6.07, 6.45) is 2.00. The number of benzene rings is 2. The van der Waals surface area contributed by atoms with Gasteiger partial charge in [0.1, 0.15) is 0 Å². The third kappa shape index (κ3) is 3.51. The van der Waals surface area contributed by atoms with Crippen LogP contribution in [0.15, 0.2) is 60.7 Å². The number of aryl methyl sites for hydroxylation is 1. The number of rotatable bonds is 5. The van der Waals surface area contributed by atoms with Gasteiger partial charge >= 0.3 is 0 Å². The summed E-state index contributed by atoms with van der Waals surface area (Å²) in [5, 5.41) is 1.03. The summed E-state index contributed by atoms with van der Waals surface area (Å²) in [5.41, 5.74) is 8.75. The zero-order valence-electron chi connectivity index (χ0n) is 11.8. The van der Waals surface area contributed by atoms with E-state index in [9.17, 15) is 0 Å². The monoisotopic (exact) mass is 278 g/mol. The molecule has 2 N–H and O–H groups in total. The van der Waals surface area contributed by atoms with Crippen LogP contribution in [0.25, 0.3) is 10.9 Å². The molecule has 2 aromatic carbocycles. The first kappa shape index (κ1) is 13.4. The molecule has 0 unspecified atom stereocenters. The Bertz CT molecular complexity index is 726. The van der Waals surface area contributed by atoms with Crippen molar-refractivity contribution in [3.05, 3.63) is 66.2 Å². The predicted octanol–water partition coefficient (Wildman–Crippen LogP) is 3.83. The quantitative estimate of drug-likeness (QED) is 0.570. The van der Waals surface area contributed by atoms with Crippen LogP contribution >= 0.6 is 0 Å². The van der Waals surface area contributed by atoms with Gasteiger partial charge in [-0.2, -0.15) is 0 Å². The van der Waals surface area contributed by atoms with Gasteiger partial charge < -0.3 is 10.5 Å². The Labute approximate surface area is 124 Å². The van der Waals surface area contributed by atoms with Crippen molar-refractivity contribution in [1.82, 2.24) is 4.98 Å². The second kappa shape index (κ2) is 6.27. The largest absolute Gasteiger partial charge is 0.478 e. The molecule has 0 atom stereocenters. The fourth-order valence-electron chi connectivity index (χ4n) is 2.30. The van der Waals surface area contributed by atoms with E-state index in [4.69, 9.17) is 10.5 Å². The number of nitrogens with two attached hydrogens (primary N) is 1. The van der Waals surface area contributed by atoms with Crippen LogP contribution < -0.4 is 10.5 Å².